The second-order valence-corrected chi connectivity index (χ2v) is 6.79. The molecule has 4 aromatic rings. The van der Waals surface area contributed by atoms with Crippen molar-refractivity contribution in [2.24, 2.45) is 7.05 Å². The smallest absolute Gasteiger partial charge is 0.276 e. The third-order valence-electron chi connectivity index (χ3n) is 4.77. The van der Waals surface area contributed by atoms with Crippen LogP contribution in [0.3, 0.4) is 0 Å². The van der Waals surface area contributed by atoms with Crippen molar-refractivity contribution < 1.29 is 9.90 Å². The summed E-state index contributed by atoms with van der Waals surface area (Å²) in [5.74, 6) is -0.347. The Labute approximate surface area is 167 Å². The number of pyridine rings is 1. The minimum absolute atomic E-state index is 0.123. The highest BCUT2D eigenvalue weighted by molar-refractivity contribution is 6.03. The molecule has 148 valence electrons. The number of hydrogen-bond acceptors (Lipinski definition) is 6. The summed E-state index contributed by atoms with van der Waals surface area (Å²) in [5, 5.41) is 25.6. The molecular weight excluding hydrogens is 370 g/mol. The summed E-state index contributed by atoms with van der Waals surface area (Å²) < 4.78 is 3.19. The number of anilines is 1. The minimum Gasteiger partial charge on any atom is -0.396 e. The molecule has 0 fully saturated rings. The lowest BCUT2D eigenvalue weighted by Crippen LogP contribution is -2.22. The maximum Gasteiger partial charge on any atom is 0.276 e. The molecule has 0 radical (unpaired) electrons. The summed E-state index contributed by atoms with van der Waals surface area (Å²) in [7, 11) is 1.77. The van der Waals surface area contributed by atoms with Crippen LogP contribution < -0.4 is 5.32 Å². The lowest BCUT2D eigenvalue weighted by atomic mass is 10.0. The SMILES string of the molecule is CC(c1ccc2ncccc2c1)n1nnc(CCO)c1C(=O)Nc1cnn(C)c1. The molecule has 0 bridgehead atoms. The van der Waals surface area contributed by atoms with Gasteiger partial charge in [0.2, 0.25) is 0 Å². The second kappa shape index (κ2) is 7.80. The highest BCUT2D eigenvalue weighted by Gasteiger charge is 2.24. The third kappa shape index (κ3) is 3.72. The molecule has 4 rings (SSSR count). The van der Waals surface area contributed by atoms with Crippen molar-refractivity contribution in [3.8, 4) is 0 Å². The van der Waals surface area contributed by atoms with Crippen molar-refractivity contribution in [3.63, 3.8) is 0 Å². The number of carbonyl (C=O) groups is 1. The van der Waals surface area contributed by atoms with E-state index in [0.29, 0.717) is 17.1 Å². The maximum atomic E-state index is 13.0. The van der Waals surface area contributed by atoms with Gasteiger partial charge in [0, 0.05) is 37.9 Å². The topological polar surface area (TPSA) is 111 Å². The fraction of sp³-hybridized carbons (Fsp3) is 0.250. The van der Waals surface area contributed by atoms with Crippen LogP contribution in [0, 0.1) is 0 Å². The number of nitrogens with one attached hydrogen (secondary N) is 1. The number of fused-ring (bicyclic) bond motifs is 1. The average Bonchev–Trinajstić information content (AvgIpc) is 3.33. The number of benzene rings is 1. The average molecular weight is 391 g/mol. The van der Waals surface area contributed by atoms with Gasteiger partial charge in [-0.25, -0.2) is 4.68 Å². The van der Waals surface area contributed by atoms with Crippen molar-refractivity contribution in [1.29, 1.82) is 0 Å². The Bertz CT molecular complexity index is 1160. The molecule has 3 heterocycles. The van der Waals surface area contributed by atoms with E-state index in [9.17, 15) is 9.90 Å². The number of aromatic nitrogens is 6. The quantitative estimate of drug-likeness (QED) is 0.520. The number of aliphatic hydroxyl groups excluding tert-OH is 1. The molecule has 3 aromatic heterocycles. The molecule has 1 aromatic carbocycles. The van der Waals surface area contributed by atoms with E-state index in [4.69, 9.17) is 0 Å². The zero-order chi connectivity index (χ0) is 20.4. The van der Waals surface area contributed by atoms with Gasteiger partial charge in [-0.15, -0.1) is 5.10 Å². The van der Waals surface area contributed by atoms with Crippen LogP contribution in [-0.2, 0) is 13.5 Å². The molecule has 9 heteroatoms. The third-order valence-corrected chi connectivity index (χ3v) is 4.77. The molecular formula is C20H21N7O2. The van der Waals surface area contributed by atoms with E-state index < -0.39 is 0 Å². The summed E-state index contributed by atoms with van der Waals surface area (Å²) in [4.78, 5) is 17.4. The van der Waals surface area contributed by atoms with Crippen molar-refractivity contribution in [2.75, 3.05) is 11.9 Å². The Hall–Kier alpha value is -3.59. The lowest BCUT2D eigenvalue weighted by Gasteiger charge is -2.16. The summed E-state index contributed by atoms with van der Waals surface area (Å²) in [6.45, 7) is 1.83. The Morgan fingerprint density at radius 3 is 2.93 bits per heavy atom. The van der Waals surface area contributed by atoms with Gasteiger partial charge in [-0.2, -0.15) is 5.10 Å². The normalized spacial score (nSPS) is 12.2. The first-order valence-corrected chi connectivity index (χ1v) is 9.26. The molecule has 9 nitrogen and oxygen atoms in total. The maximum absolute atomic E-state index is 13.0. The molecule has 0 aliphatic rings. The number of rotatable bonds is 6. The Balaban J connectivity index is 1.71. The Kier molecular flexibility index (Phi) is 5.05. The molecule has 0 aliphatic carbocycles. The monoisotopic (exact) mass is 391 g/mol. The van der Waals surface area contributed by atoms with Crippen LogP contribution in [0.2, 0.25) is 0 Å². The van der Waals surface area contributed by atoms with Gasteiger partial charge < -0.3 is 10.4 Å². The highest BCUT2D eigenvalue weighted by atomic mass is 16.3. The van der Waals surface area contributed by atoms with Crippen LogP contribution in [0.1, 0.15) is 34.7 Å². The van der Waals surface area contributed by atoms with Crippen LogP contribution in [-0.4, -0.2) is 47.4 Å². The predicted molar refractivity (Wildman–Crippen MR) is 108 cm³/mol. The van der Waals surface area contributed by atoms with E-state index in [-0.39, 0.29) is 25.0 Å². The van der Waals surface area contributed by atoms with Crippen molar-refractivity contribution in [1.82, 2.24) is 29.8 Å². The van der Waals surface area contributed by atoms with Crippen molar-refractivity contribution >= 4 is 22.5 Å². The first-order chi connectivity index (χ1) is 14.1. The van der Waals surface area contributed by atoms with Gasteiger partial charge in [-0.3, -0.25) is 14.5 Å². The first kappa shape index (κ1) is 18.8. The molecule has 0 aliphatic heterocycles. The van der Waals surface area contributed by atoms with E-state index in [1.807, 2.05) is 37.3 Å². The number of nitrogens with zero attached hydrogens (tertiary/aromatic N) is 6. The largest absolute Gasteiger partial charge is 0.396 e. The minimum atomic E-state index is -0.347. The van der Waals surface area contributed by atoms with E-state index in [1.54, 1.807) is 35.0 Å². The van der Waals surface area contributed by atoms with Crippen LogP contribution in [0.5, 0.6) is 0 Å². The van der Waals surface area contributed by atoms with Gasteiger partial charge in [-0.1, -0.05) is 17.3 Å². The number of hydrogen-bond donors (Lipinski definition) is 2. The van der Waals surface area contributed by atoms with Crippen LogP contribution in [0.25, 0.3) is 10.9 Å². The van der Waals surface area contributed by atoms with Gasteiger partial charge in [-0.05, 0) is 30.7 Å². The van der Waals surface area contributed by atoms with Gasteiger partial charge in [0.25, 0.3) is 5.91 Å². The Morgan fingerprint density at radius 1 is 1.31 bits per heavy atom. The van der Waals surface area contributed by atoms with Crippen LogP contribution in [0.15, 0.2) is 48.9 Å². The van der Waals surface area contributed by atoms with Crippen molar-refractivity contribution in [2.45, 2.75) is 19.4 Å². The van der Waals surface area contributed by atoms with E-state index in [1.165, 1.54) is 0 Å². The van der Waals surface area contributed by atoms with Gasteiger partial charge in [0.15, 0.2) is 5.69 Å². The zero-order valence-electron chi connectivity index (χ0n) is 16.1. The summed E-state index contributed by atoms with van der Waals surface area (Å²) in [5.41, 5.74) is 3.22. The molecule has 0 spiro atoms. The van der Waals surface area contributed by atoms with E-state index in [0.717, 1.165) is 16.5 Å². The molecule has 29 heavy (non-hydrogen) atoms. The fourth-order valence-corrected chi connectivity index (χ4v) is 3.28. The van der Waals surface area contributed by atoms with E-state index >= 15 is 0 Å². The Morgan fingerprint density at radius 2 is 2.17 bits per heavy atom. The van der Waals surface area contributed by atoms with Gasteiger partial charge in [0.05, 0.1) is 29.1 Å². The lowest BCUT2D eigenvalue weighted by molar-refractivity contribution is 0.101. The number of aliphatic hydroxyl groups is 1. The van der Waals surface area contributed by atoms with Crippen molar-refractivity contribution in [3.05, 3.63) is 65.9 Å². The van der Waals surface area contributed by atoms with Gasteiger partial charge in [0.1, 0.15) is 0 Å². The second-order valence-electron chi connectivity index (χ2n) is 6.79. The van der Waals surface area contributed by atoms with Crippen LogP contribution >= 0.6 is 0 Å². The molecule has 1 unspecified atom stereocenters. The summed E-state index contributed by atoms with van der Waals surface area (Å²) in [6, 6.07) is 9.58. The predicted octanol–water partition coefficient (Wildman–Crippen LogP) is 1.96. The van der Waals surface area contributed by atoms with E-state index in [2.05, 4.69) is 25.7 Å². The molecule has 2 N–H and O–H groups in total. The molecule has 1 atom stereocenters. The molecule has 1 amide bonds. The zero-order valence-corrected chi connectivity index (χ0v) is 16.1. The fourth-order valence-electron chi connectivity index (χ4n) is 3.28. The number of carbonyl (C=O) groups excluding carboxylic acids is 1. The molecule has 0 saturated carbocycles. The summed E-state index contributed by atoms with van der Waals surface area (Å²) >= 11 is 0. The number of aryl methyl sites for hydroxylation is 1. The highest BCUT2D eigenvalue weighted by Crippen LogP contribution is 2.24. The molecule has 0 saturated heterocycles. The summed E-state index contributed by atoms with van der Waals surface area (Å²) in [6.07, 6.45) is 5.27. The number of amides is 1. The standard InChI is InChI=1S/C20H21N7O2/c1-13(14-5-6-17-15(10-14)4-3-8-21-17)27-19(18(7-9-28)24-25-27)20(29)23-16-11-22-26(2)12-16/h3-6,8,10-13,28H,7,9H2,1-2H3,(H,23,29). The van der Waals surface area contributed by atoms with Gasteiger partial charge >= 0.3 is 0 Å². The first-order valence-electron chi connectivity index (χ1n) is 9.26. The van der Waals surface area contributed by atoms with Crippen LogP contribution in [0.4, 0.5) is 5.69 Å².